The van der Waals surface area contributed by atoms with Gasteiger partial charge in [0.2, 0.25) is 0 Å². The first-order chi connectivity index (χ1) is 9.93. The minimum Gasteiger partial charge on any atom is -0.300 e. The number of ketones is 1. The second kappa shape index (κ2) is 5.76. The SMILES string of the molecule is CC(=O)Cn1c(-c2ccc(C)cc2C)ccc(C#N)c1=O. The van der Waals surface area contributed by atoms with Crippen molar-refractivity contribution in [1.29, 1.82) is 5.26 Å². The molecule has 0 amide bonds. The van der Waals surface area contributed by atoms with Gasteiger partial charge in [0.05, 0.1) is 12.2 Å². The average Bonchev–Trinajstić information content (AvgIpc) is 2.41. The van der Waals surface area contributed by atoms with Crippen LogP contribution >= 0.6 is 0 Å². The Morgan fingerprint density at radius 3 is 2.52 bits per heavy atom. The molecule has 106 valence electrons. The number of rotatable bonds is 3. The van der Waals surface area contributed by atoms with Crippen LogP contribution in [0.3, 0.4) is 0 Å². The van der Waals surface area contributed by atoms with Crippen molar-refractivity contribution in [2.75, 3.05) is 0 Å². The predicted octanol–water partition coefficient (Wildman–Crippen LogP) is 2.59. The third-order valence-corrected chi connectivity index (χ3v) is 3.33. The van der Waals surface area contributed by atoms with Gasteiger partial charge in [0, 0.05) is 5.56 Å². The van der Waals surface area contributed by atoms with Crippen LogP contribution in [-0.2, 0) is 11.3 Å². The van der Waals surface area contributed by atoms with Gasteiger partial charge in [-0.3, -0.25) is 14.2 Å². The summed E-state index contributed by atoms with van der Waals surface area (Å²) in [6.07, 6.45) is 0. The van der Waals surface area contributed by atoms with Gasteiger partial charge in [0.25, 0.3) is 5.56 Å². The number of benzene rings is 1. The molecular formula is C17H16N2O2. The lowest BCUT2D eigenvalue weighted by Crippen LogP contribution is -2.26. The average molecular weight is 280 g/mol. The molecule has 4 heteroatoms. The van der Waals surface area contributed by atoms with Crippen LogP contribution in [-0.4, -0.2) is 10.4 Å². The standard InChI is InChI=1S/C17H16N2O2/c1-11-4-6-15(12(2)8-11)16-7-5-14(9-18)17(21)19(16)10-13(3)20/h4-8H,10H2,1-3H3. The number of aryl methyl sites for hydroxylation is 2. The van der Waals surface area contributed by atoms with Crippen molar-refractivity contribution >= 4 is 5.78 Å². The number of hydrogen-bond acceptors (Lipinski definition) is 3. The molecule has 2 rings (SSSR count). The summed E-state index contributed by atoms with van der Waals surface area (Å²) in [5.41, 5.74) is 3.33. The van der Waals surface area contributed by atoms with E-state index in [1.807, 2.05) is 38.1 Å². The Labute approximate surface area is 123 Å². The lowest BCUT2D eigenvalue weighted by molar-refractivity contribution is -0.117. The molecule has 4 nitrogen and oxygen atoms in total. The van der Waals surface area contributed by atoms with E-state index in [2.05, 4.69) is 0 Å². The molecule has 1 aromatic heterocycles. The maximum atomic E-state index is 12.3. The van der Waals surface area contributed by atoms with Crippen molar-refractivity contribution in [1.82, 2.24) is 4.57 Å². The molecule has 0 aliphatic carbocycles. The molecule has 0 radical (unpaired) electrons. The topological polar surface area (TPSA) is 62.9 Å². The molecule has 2 aromatic rings. The van der Waals surface area contributed by atoms with E-state index in [9.17, 15) is 9.59 Å². The Morgan fingerprint density at radius 2 is 1.95 bits per heavy atom. The Balaban J connectivity index is 2.74. The molecule has 0 unspecified atom stereocenters. The fourth-order valence-corrected chi connectivity index (χ4v) is 2.38. The van der Waals surface area contributed by atoms with Gasteiger partial charge in [-0.1, -0.05) is 23.8 Å². The molecule has 1 heterocycles. The second-order valence-corrected chi connectivity index (χ2v) is 5.16. The molecule has 0 saturated heterocycles. The zero-order chi connectivity index (χ0) is 15.6. The summed E-state index contributed by atoms with van der Waals surface area (Å²) in [5, 5.41) is 8.98. The van der Waals surface area contributed by atoms with Gasteiger partial charge < -0.3 is 0 Å². The van der Waals surface area contributed by atoms with Crippen LogP contribution in [0.4, 0.5) is 0 Å². The minimum absolute atomic E-state index is 0.0308. The minimum atomic E-state index is -0.426. The fraction of sp³-hybridized carbons (Fsp3) is 0.235. The highest BCUT2D eigenvalue weighted by molar-refractivity contribution is 5.76. The Bertz CT molecular complexity index is 811. The van der Waals surface area contributed by atoms with Crippen LogP contribution in [0.25, 0.3) is 11.3 Å². The molecule has 0 bridgehead atoms. The van der Waals surface area contributed by atoms with Gasteiger partial charge >= 0.3 is 0 Å². The molecule has 21 heavy (non-hydrogen) atoms. The van der Waals surface area contributed by atoms with Crippen LogP contribution in [0.2, 0.25) is 0 Å². The summed E-state index contributed by atoms with van der Waals surface area (Å²) in [6, 6.07) is 11.0. The lowest BCUT2D eigenvalue weighted by atomic mass is 10.0. The molecule has 1 aromatic carbocycles. The number of nitrogens with zero attached hydrogens (tertiary/aromatic N) is 2. The van der Waals surface area contributed by atoms with Gasteiger partial charge in [-0.05, 0) is 38.5 Å². The molecule has 0 N–H and O–H groups in total. The monoisotopic (exact) mass is 280 g/mol. The highest BCUT2D eigenvalue weighted by atomic mass is 16.1. The Hall–Kier alpha value is -2.67. The van der Waals surface area contributed by atoms with Crippen molar-refractivity contribution in [3.05, 3.63) is 57.4 Å². The van der Waals surface area contributed by atoms with E-state index in [0.29, 0.717) is 5.69 Å². The molecule has 0 atom stereocenters. The van der Waals surface area contributed by atoms with Crippen molar-refractivity contribution in [2.24, 2.45) is 0 Å². The van der Waals surface area contributed by atoms with E-state index < -0.39 is 5.56 Å². The largest absolute Gasteiger partial charge is 0.300 e. The highest BCUT2D eigenvalue weighted by Crippen LogP contribution is 2.23. The van der Waals surface area contributed by atoms with Crippen molar-refractivity contribution in [2.45, 2.75) is 27.3 Å². The van der Waals surface area contributed by atoms with Gasteiger partial charge in [0.1, 0.15) is 17.4 Å². The van der Waals surface area contributed by atoms with Crippen LogP contribution < -0.4 is 5.56 Å². The number of Topliss-reactive ketones (excluding diaryl/α,β-unsaturated/α-hetero) is 1. The molecule has 0 saturated carbocycles. The van der Waals surface area contributed by atoms with Crippen molar-refractivity contribution < 1.29 is 4.79 Å². The van der Waals surface area contributed by atoms with Gasteiger partial charge in [-0.2, -0.15) is 5.26 Å². The normalized spacial score (nSPS) is 10.2. The third kappa shape index (κ3) is 2.92. The number of pyridine rings is 1. The number of carbonyl (C=O) groups is 1. The number of hydrogen-bond donors (Lipinski definition) is 0. The lowest BCUT2D eigenvalue weighted by Gasteiger charge is -2.14. The van der Waals surface area contributed by atoms with E-state index in [1.54, 1.807) is 6.07 Å². The third-order valence-electron chi connectivity index (χ3n) is 3.33. The van der Waals surface area contributed by atoms with E-state index in [-0.39, 0.29) is 17.9 Å². The zero-order valence-corrected chi connectivity index (χ0v) is 12.3. The van der Waals surface area contributed by atoms with Crippen molar-refractivity contribution in [3.63, 3.8) is 0 Å². The predicted molar refractivity (Wildman–Crippen MR) is 81.0 cm³/mol. The summed E-state index contributed by atoms with van der Waals surface area (Å²) in [7, 11) is 0. The Kier molecular flexibility index (Phi) is 4.04. The van der Waals surface area contributed by atoms with E-state index >= 15 is 0 Å². The van der Waals surface area contributed by atoms with Gasteiger partial charge in [-0.25, -0.2) is 0 Å². The van der Waals surface area contributed by atoms with E-state index in [4.69, 9.17) is 5.26 Å². The Morgan fingerprint density at radius 1 is 1.24 bits per heavy atom. The first kappa shape index (κ1) is 14.7. The highest BCUT2D eigenvalue weighted by Gasteiger charge is 2.13. The smallest absolute Gasteiger partial charge is 0.269 e. The van der Waals surface area contributed by atoms with Crippen LogP contribution in [0, 0.1) is 25.2 Å². The van der Waals surface area contributed by atoms with Crippen LogP contribution in [0.15, 0.2) is 35.1 Å². The summed E-state index contributed by atoms with van der Waals surface area (Å²) in [4.78, 5) is 23.7. The first-order valence-corrected chi connectivity index (χ1v) is 6.65. The van der Waals surface area contributed by atoms with Gasteiger partial charge in [0.15, 0.2) is 0 Å². The summed E-state index contributed by atoms with van der Waals surface area (Å²) >= 11 is 0. The number of nitriles is 1. The molecular weight excluding hydrogens is 264 g/mol. The first-order valence-electron chi connectivity index (χ1n) is 6.65. The van der Waals surface area contributed by atoms with Crippen LogP contribution in [0.1, 0.15) is 23.6 Å². The number of carbonyl (C=O) groups excluding carboxylic acids is 1. The second-order valence-electron chi connectivity index (χ2n) is 5.16. The molecule has 0 aliphatic rings. The van der Waals surface area contributed by atoms with E-state index in [0.717, 1.165) is 16.7 Å². The number of aromatic nitrogens is 1. The fourth-order valence-electron chi connectivity index (χ4n) is 2.38. The molecule has 0 fully saturated rings. The van der Waals surface area contributed by atoms with Gasteiger partial charge in [-0.15, -0.1) is 0 Å². The summed E-state index contributed by atoms with van der Waals surface area (Å²) in [5.74, 6) is -0.127. The van der Waals surface area contributed by atoms with E-state index in [1.165, 1.54) is 17.6 Å². The maximum absolute atomic E-state index is 12.3. The summed E-state index contributed by atoms with van der Waals surface area (Å²) < 4.78 is 1.37. The summed E-state index contributed by atoms with van der Waals surface area (Å²) in [6.45, 7) is 5.36. The van der Waals surface area contributed by atoms with Crippen LogP contribution in [0.5, 0.6) is 0 Å². The molecule has 0 aliphatic heterocycles. The van der Waals surface area contributed by atoms with Crippen molar-refractivity contribution in [3.8, 4) is 17.3 Å². The molecule has 0 spiro atoms. The quantitative estimate of drug-likeness (QED) is 0.868. The maximum Gasteiger partial charge on any atom is 0.269 e. The zero-order valence-electron chi connectivity index (χ0n) is 12.3.